The molecular weight excluding hydrogens is 226 g/mol. The van der Waals surface area contributed by atoms with Crippen molar-refractivity contribution in [2.45, 2.75) is 38.6 Å². The van der Waals surface area contributed by atoms with Gasteiger partial charge in [-0.2, -0.15) is 0 Å². The average molecular weight is 247 g/mol. The summed E-state index contributed by atoms with van der Waals surface area (Å²) in [6.45, 7) is 2.31. The molecule has 0 spiro atoms. The minimum atomic E-state index is -0.0161. The zero-order valence-electron chi connectivity index (χ0n) is 10.9. The van der Waals surface area contributed by atoms with Crippen LogP contribution >= 0.6 is 0 Å². The first kappa shape index (κ1) is 12.9. The van der Waals surface area contributed by atoms with Crippen LogP contribution in [0.1, 0.15) is 32.6 Å². The van der Waals surface area contributed by atoms with Gasteiger partial charge in [0.2, 0.25) is 0 Å². The van der Waals surface area contributed by atoms with Gasteiger partial charge in [-0.15, -0.1) is 0 Å². The molecule has 0 aliphatic heterocycles. The molecule has 3 heteroatoms. The van der Waals surface area contributed by atoms with Gasteiger partial charge in [-0.1, -0.05) is 38.0 Å². The number of amides is 1. The van der Waals surface area contributed by atoms with Crippen molar-refractivity contribution < 1.29 is 9.53 Å². The third-order valence-electron chi connectivity index (χ3n) is 3.57. The van der Waals surface area contributed by atoms with Crippen LogP contribution in [0.4, 0.5) is 0 Å². The normalized spacial score (nSPS) is 23.4. The van der Waals surface area contributed by atoms with Gasteiger partial charge < -0.3 is 10.1 Å². The van der Waals surface area contributed by atoms with Crippen molar-refractivity contribution in [1.82, 2.24) is 5.32 Å². The lowest BCUT2D eigenvalue weighted by atomic mass is 9.86. The second-order valence-electron chi connectivity index (χ2n) is 5.04. The molecule has 2 atom stereocenters. The summed E-state index contributed by atoms with van der Waals surface area (Å²) in [5.41, 5.74) is 0. The minimum Gasteiger partial charge on any atom is -0.484 e. The fraction of sp³-hybridized carbons (Fsp3) is 0.533. The summed E-state index contributed by atoms with van der Waals surface area (Å²) < 4.78 is 5.43. The highest BCUT2D eigenvalue weighted by atomic mass is 16.5. The Bertz CT molecular complexity index is 377. The van der Waals surface area contributed by atoms with Crippen LogP contribution in [-0.4, -0.2) is 18.6 Å². The number of hydrogen-bond acceptors (Lipinski definition) is 2. The zero-order valence-corrected chi connectivity index (χ0v) is 10.9. The molecule has 0 unspecified atom stereocenters. The fourth-order valence-corrected chi connectivity index (χ4v) is 2.44. The van der Waals surface area contributed by atoms with Crippen molar-refractivity contribution in [3.8, 4) is 5.75 Å². The Hall–Kier alpha value is -1.51. The molecule has 3 nitrogen and oxygen atoms in total. The van der Waals surface area contributed by atoms with Crippen molar-refractivity contribution in [2.24, 2.45) is 5.92 Å². The third-order valence-corrected chi connectivity index (χ3v) is 3.57. The highest BCUT2D eigenvalue weighted by Gasteiger charge is 2.22. The number of benzene rings is 1. The highest BCUT2D eigenvalue weighted by molar-refractivity contribution is 5.77. The summed E-state index contributed by atoms with van der Waals surface area (Å²) in [5, 5.41) is 3.07. The predicted octanol–water partition coefficient (Wildman–Crippen LogP) is 2.76. The number of rotatable bonds is 4. The van der Waals surface area contributed by atoms with Gasteiger partial charge in [-0.3, -0.25) is 4.79 Å². The van der Waals surface area contributed by atoms with Gasteiger partial charge in [0.15, 0.2) is 6.61 Å². The number of carbonyl (C=O) groups excluding carboxylic acids is 1. The van der Waals surface area contributed by atoms with Crippen molar-refractivity contribution in [3.05, 3.63) is 30.3 Å². The summed E-state index contributed by atoms with van der Waals surface area (Å²) in [4.78, 5) is 11.8. The van der Waals surface area contributed by atoms with Gasteiger partial charge in [0.05, 0.1) is 0 Å². The van der Waals surface area contributed by atoms with Crippen LogP contribution in [0.3, 0.4) is 0 Å². The number of carbonyl (C=O) groups is 1. The first-order valence-corrected chi connectivity index (χ1v) is 6.73. The quantitative estimate of drug-likeness (QED) is 0.888. The maximum atomic E-state index is 11.8. The molecule has 98 valence electrons. The van der Waals surface area contributed by atoms with Gasteiger partial charge in [-0.25, -0.2) is 0 Å². The fourth-order valence-electron chi connectivity index (χ4n) is 2.44. The van der Waals surface area contributed by atoms with Crippen molar-refractivity contribution >= 4 is 5.91 Å². The SMILES string of the molecule is C[C@@H]1CCCC[C@H]1NC(=O)COc1ccccc1. The van der Waals surface area contributed by atoms with E-state index in [0.29, 0.717) is 12.0 Å². The van der Waals surface area contributed by atoms with E-state index in [1.54, 1.807) is 0 Å². The van der Waals surface area contributed by atoms with Crippen molar-refractivity contribution in [1.29, 1.82) is 0 Å². The third kappa shape index (κ3) is 3.76. The van der Waals surface area contributed by atoms with Gasteiger partial charge in [0.25, 0.3) is 5.91 Å². The number of para-hydroxylation sites is 1. The highest BCUT2D eigenvalue weighted by Crippen LogP contribution is 2.23. The minimum absolute atomic E-state index is 0.0161. The molecule has 1 aromatic rings. The molecule has 0 aromatic heterocycles. The Morgan fingerprint density at radius 1 is 1.28 bits per heavy atom. The molecule has 1 fully saturated rings. The summed E-state index contributed by atoms with van der Waals surface area (Å²) in [7, 11) is 0. The summed E-state index contributed by atoms with van der Waals surface area (Å²) in [6, 6.07) is 9.77. The first-order valence-electron chi connectivity index (χ1n) is 6.73. The van der Waals surface area contributed by atoms with Gasteiger partial charge in [-0.05, 0) is 30.9 Å². The molecule has 0 heterocycles. The van der Waals surface area contributed by atoms with Crippen LogP contribution in [0, 0.1) is 5.92 Å². The van der Waals surface area contributed by atoms with Crippen LogP contribution in [0.25, 0.3) is 0 Å². The van der Waals surface area contributed by atoms with Gasteiger partial charge >= 0.3 is 0 Å². The monoisotopic (exact) mass is 247 g/mol. The smallest absolute Gasteiger partial charge is 0.258 e. The molecule has 1 amide bonds. The second-order valence-corrected chi connectivity index (χ2v) is 5.04. The summed E-state index contributed by atoms with van der Waals surface area (Å²) >= 11 is 0. The largest absolute Gasteiger partial charge is 0.484 e. The van der Waals surface area contributed by atoms with Crippen LogP contribution in [0.5, 0.6) is 5.75 Å². The molecule has 1 aliphatic rings. The Morgan fingerprint density at radius 3 is 2.72 bits per heavy atom. The summed E-state index contributed by atoms with van der Waals surface area (Å²) in [5.74, 6) is 1.31. The first-order chi connectivity index (χ1) is 8.75. The molecule has 1 aliphatic carbocycles. The van der Waals surface area contributed by atoms with E-state index in [-0.39, 0.29) is 12.5 Å². The standard InChI is InChI=1S/C15H21NO2/c1-12-7-5-6-10-14(12)16-15(17)11-18-13-8-3-2-4-9-13/h2-4,8-9,12,14H,5-7,10-11H2,1H3,(H,16,17)/t12-,14-/m1/s1. The van der Waals surface area contributed by atoms with E-state index in [9.17, 15) is 4.79 Å². The maximum Gasteiger partial charge on any atom is 0.258 e. The lowest BCUT2D eigenvalue weighted by Gasteiger charge is -2.29. The molecule has 2 rings (SSSR count). The Labute approximate surface area is 109 Å². The zero-order chi connectivity index (χ0) is 12.8. The molecule has 1 aromatic carbocycles. The molecule has 1 saturated carbocycles. The topological polar surface area (TPSA) is 38.3 Å². The van der Waals surface area contributed by atoms with Crippen molar-refractivity contribution in [2.75, 3.05) is 6.61 Å². The Morgan fingerprint density at radius 2 is 2.00 bits per heavy atom. The van der Waals surface area contributed by atoms with E-state index in [1.807, 2.05) is 30.3 Å². The van der Waals surface area contributed by atoms with Crippen LogP contribution in [-0.2, 0) is 4.79 Å². The van der Waals surface area contributed by atoms with E-state index >= 15 is 0 Å². The second kappa shape index (κ2) is 6.43. The lowest BCUT2D eigenvalue weighted by Crippen LogP contribution is -2.43. The van der Waals surface area contributed by atoms with Crippen molar-refractivity contribution in [3.63, 3.8) is 0 Å². The molecule has 0 bridgehead atoms. The average Bonchev–Trinajstić information content (AvgIpc) is 2.40. The molecule has 1 N–H and O–H groups in total. The lowest BCUT2D eigenvalue weighted by molar-refractivity contribution is -0.124. The van der Waals surface area contributed by atoms with Crippen LogP contribution in [0.15, 0.2) is 30.3 Å². The molecule has 0 radical (unpaired) electrons. The predicted molar refractivity (Wildman–Crippen MR) is 71.5 cm³/mol. The molecule has 0 saturated heterocycles. The van der Waals surface area contributed by atoms with E-state index < -0.39 is 0 Å². The van der Waals surface area contributed by atoms with E-state index in [1.165, 1.54) is 19.3 Å². The van der Waals surface area contributed by atoms with Gasteiger partial charge in [0, 0.05) is 6.04 Å². The van der Waals surface area contributed by atoms with Gasteiger partial charge in [0.1, 0.15) is 5.75 Å². The van der Waals surface area contributed by atoms with Crippen LogP contribution < -0.4 is 10.1 Å². The van der Waals surface area contributed by atoms with E-state index in [0.717, 1.165) is 12.2 Å². The Balaban J connectivity index is 1.75. The molecule has 18 heavy (non-hydrogen) atoms. The number of hydrogen-bond donors (Lipinski definition) is 1. The van der Waals surface area contributed by atoms with E-state index in [4.69, 9.17) is 4.74 Å². The Kier molecular flexibility index (Phi) is 4.62. The molecular formula is C15H21NO2. The maximum absolute atomic E-state index is 11.8. The number of nitrogens with one attached hydrogen (secondary N) is 1. The summed E-state index contributed by atoms with van der Waals surface area (Å²) in [6.07, 6.45) is 4.81. The van der Waals surface area contributed by atoms with Crippen LogP contribution in [0.2, 0.25) is 0 Å². The van der Waals surface area contributed by atoms with E-state index in [2.05, 4.69) is 12.2 Å². The number of ether oxygens (including phenoxy) is 1.